The normalized spacial score (nSPS) is 10.6. The van der Waals surface area contributed by atoms with Crippen molar-refractivity contribution in [3.8, 4) is 17.2 Å². The maximum atomic E-state index is 6.34. The van der Waals surface area contributed by atoms with E-state index in [9.17, 15) is 0 Å². The highest BCUT2D eigenvalue weighted by Crippen LogP contribution is 2.36. The first-order valence-electron chi connectivity index (χ1n) is 7.85. The van der Waals surface area contributed by atoms with Crippen molar-refractivity contribution in [2.75, 3.05) is 26.9 Å². The van der Waals surface area contributed by atoms with Gasteiger partial charge in [-0.1, -0.05) is 34.8 Å². The molecule has 0 spiro atoms. The van der Waals surface area contributed by atoms with Crippen molar-refractivity contribution in [3.05, 3.63) is 51.0 Å². The van der Waals surface area contributed by atoms with Crippen LogP contribution in [0.4, 0.5) is 0 Å². The second-order valence-electron chi connectivity index (χ2n) is 5.14. The van der Waals surface area contributed by atoms with E-state index in [4.69, 9.17) is 49.0 Å². The molecule has 0 radical (unpaired) electrons. The Balaban J connectivity index is 2.00. The number of nitrogens with one attached hydrogen (secondary N) is 1. The molecule has 0 atom stereocenters. The maximum Gasteiger partial charge on any atom is 0.179 e. The lowest BCUT2D eigenvalue weighted by atomic mass is 10.2. The summed E-state index contributed by atoms with van der Waals surface area (Å²) in [5.74, 6) is 1.63. The van der Waals surface area contributed by atoms with E-state index < -0.39 is 0 Å². The fourth-order valence-electron chi connectivity index (χ4n) is 2.21. The Labute approximate surface area is 162 Å². The van der Waals surface area contributed by atoms with E-state index in [1.165, 1.54) is 0 Å². The summed E-state index contributed by atoms with van der Waals surface area (Å²) in [5.41, 5.74) is 1.02. The molecule has 0 aromatic heterocycles. The number of benzene rings is 2. The summed E-state index contributed by atoms with van der Waals surface area (Å²) in [4.78, 5) is 0. The van der Waals surface area contributed by atoms with Gasteiger partial charge in [0.25, 0.3) is 0 Å². The van der Waals surface area contributed by atoms with Crippen LogP contribution in [0.2, 0.25) is 15.1 Å². The molecule has 2 aromatic carbocycles. The average molecular weight is 405 g/mol. The highest BCUT2D eigenvalue weighted by atomic mass is 35.5. The summed E-state index contributed by atoms with van der Waals surface area (Å²) >= 11 is 18.3. The van der Waals surface area contributed by atoms with Gasteiger partial charge < -0.3 is 19.5 Å². The van der Waals surface area contributed by atoms with E-state index in [0.29, 0.717) is 52.1 Å². The van der Waals surface area contributed by atoms with Crippen LogP contribution in [-0.4, -0.2) is 26.9 Å². The van der Waals surface area contributed by atoms with Gasteiger partial charge in [-0.25, -0.2) is 0 Å². The van der Waals surface area contributed by atoms with Crippen molar-refractivity contribution in [3.63, 3.8) is 0 Å². The molecule has 0 unspecified atom stereocenters. The fraction of sp³-hybridized carbons (Fsp3) is 0.333. The maximum absolute atomic E-state index is 6.34. The van der Waals surface area contributed by atoms with Crippen molar-refractivity contribution < 1.29 is 14.2 Å². The van der Waals surface area contributed by atoms with Gasteiger partial charge in [-0.2, -0.15) is 0 Å². The number of ether oxygens (including phenoxy) is 3. The van der Waals surface area contributed by atoms with Crippen molar-refractivity contribution in [2.24, 2.45) is 0 Å². The first kappa shape index (κ1) is 20.0. The lowest BCUT2D eigenvalue weighted by molar-refractivity contribution is 0.208. The van der Waals surface area contributed by atoms with Gasteiger partial charge in [-0.3, -0.25) is 0 Å². The number of rotatable bonds is 9. The van der Waals surface area contributed by atoms with Gasteiger partial charge in [0.15, 0.2) is 11.5 Å². The van der Waals surface area contributed by atoms with E-state index in [-0.39, 0.29) is 6.61 Å². The molecule has 25 heavy (non-hydrogen) atoms. The lowest BCUT2D eigenvalue weighted by Gasteiger charge is -2.16. The highest BCUT2D eigenvalue weighted by Gasteiger charge is 2.13. The summed E-state index contributed by atoms with van der Waals surface area (Å²) < 4.78 is 17.0. The molecule has 4 nitrogen and oxygen atoms in total. The number of hydrogen-bond donors (Lipinski definition) is 1. The van der Waals surface area contributed by atoms with Crippen LogP contribution in [0.5, 0.6) is 17.2 Å². The molecule has 0 bridgehead atoms. The molecule has 0 aliphatic heterocycles. The van der Waals surface area contributed by atoms with Crippen LogP contribution >= 0.6 is 34.8 Å². The van der Waals surface area contributed by atoms with Crippen LogP contribution < -0.4 is 19.5 Å². The Morgan fingerprint density at radius 2 is 1.64 bits per heavy atom. The van der Waals surface area contributed by atoms with E-state index in [1.807, 2.05) is 26.1 Å². The number of halogens is 3. The van der Waals surface area contributed by atoms with Crippen molar-refractivity contribution in [2.45, 2.75) is 13.5 Å². The summed E-state index contributed by atoms with van der Waals surface area (Å²) in [6.45, 7) is 3.70. The largest absolute Gasteiger partial charge is 0.490 e. The van der Waals surface area contributed by atoms with Gasteiger partial charge in [0.05, 0.1) is 16.7 Å². The molecule has 0 heterocycles. The number of hydrogen-bond acceptors (Lipinski definition) is 4. The first-order valence-corrected chi connectivity index (χ1v) is 8.99. The lowest BCUT2D eigenvalue weighted by Crippen LogP contribution is -2.11. The van der Waals surface area contributed by atoms with Crippen LogP contribution in [0.3, 0.4) is 0 Å². The molecular formula is C18H20Cl3NO3. The summed E-state index contributed by atoms with van der Waals surface area (Å²) in [6, 6.07) is 8.81. The molecule has 136 valence electrons. The van der Waals surface area contributed by atoms with Gasteiger partial charge in [-0.05, 0) is 43.8 Å². The van der Waals surface area contributed by atoms with Crippen molar-refractivity contribution in [1.82, 2.24) is 5.32 Å². The zero-order chi connectivity index (χ0) is 18.2. The highest BCUT2D eigenvalue weighted by molar-refractivity contribution is 6.34. The van der Waals surface area contributed by atoms with Crippen LogP contribution in [-0.2, 0) is 6.54 Å². The minimum absolute atomic E-state index is 0.286. The first-order chi connectivity index (χ1) is 12.0. The Morgan fingerprint density at radius 1 is 0.880 bits per heavy atom. The molecule has 0 aliphatic rings. The van der Waals surface area contributed by atoms with Gasteiger partial charge >= 0.3 is 0 Å². The Bertz CT molecular complexity index is 710. The molecule has 0 saturated carbocycles. The average Bonchev–Trinajstić information content (AvgIpc) is 2.57. The third kappa shape index (κ3) is 5.86. The van der Waals surface area contributed by atoms with Gasteiger partial charge in [0, 0.05) is 17.6 Å². The Hall–Kier alpha value is -1.33. The second-order valence-corrected chi connectivity index (χ2v) is 6.39. The third-order valence-electron chi connectivity index (χ3n) is 3.23. The van der Waals surface area contributed by atoms with Crippen molar-refractivity contribution in [1.29, 1.82) is 0 Å². The molecule has 2 rings (SSSR count). The van der Waals surface area contributed by atoms with Gasteiger partial charge in [0.2, 0.25) is 0 Å². The van der Waals surface area contributed by atoms with E-state index in [0.717, 1.165) is 5.56 Å². The molecular weight excluding hydrogens is 385 g/mol. The van der Waals surface area contributed by atoms with Crippen LogP contribution in [0.1, 0.15) is 12.5 Å². The van der Waals surface area contributed by atoms with E-state index in [2.05, 4.69) is 5.32 Å². The predicted molar refractivity (Wildman–Crippen MR) is 103 cm³/mol. The molecule has 0 saturated heterocycles. The SMILES string of the molecule is CCOc1cc(CNC)cc(Cl)c1OCCOc1cc(Cl)ccc1Cl. The Kier molecular flexibility index (Phi) is 7.97. The zero-order valence-electron chi connectivity index (χ0n) is 14.1. The molecule has 2 aromatic rings. The summed E-state index contributed by atoms with van der Waals surface area (Å²) in [5, 5.41) is 4.63. The van der Waals surface area contributed by atoms with Crippen LogP contribution in [0.15, 0.2) is 30.3 Å². The van der Waals surface area contributed by atoms with Gasteiger partial charge in [-0.15, -0.1) is 0 Å². The molecule has 0 aliphatic carbocycles. The van der Waals surface area contributed by atoms with E-state index in [1.54, 1.807) is 18.2 Å². The molecule has 0 amide bonds. The molecule has 0 fully saturated rings. The predicted octanol–water partition coefficient (Wildman–Crippen LogP) is 5.22. The van der Waals surface area contributed by atoms with Crippen molar-refractivity contribution >= 4 is 34.8 Å². The van der Waals surface area contributed by atoms with E-state index >= 15 is 0 Å². The Morgan fingerprint density at radius 3 is 2.36 bits per heavy atom. The second kappa shape index (κ2) is 9.97. The quantitative estimate of drug-likeness (QED) is 0.581. The standard InChI is InChI=1S/C18H20Cl3NO3/c1-3-23-17-9-12(11-22-2)8-15(21)18(17)25-7-6-24-16-10-13(19)4-5-14(16)20/h4-5,8-10,22H,3,6-7,11H2,1-2H3. The monoisotopic (exact) mass is 403 g/mol. The molecule has 7 heteroatoms. The minimum Gasteiger partial charge on any atom is -0.490 e. The summed E-state index contributed by atoms with van der Waals surface area (Å²) in [7, 11) is 1.87. The summed E-state index contributed by atoms with van der Waals surface area (Å²) in [6.07, 6.45) is 0. The van der Waals surface area contributed by atoms with Gasteiger partial charge in [0.1, 0.15) is 19.0 Å². The minimum atomic E-state index is 0.286. The topological polar surface area (TPSA) is 39.7 Å². The third-order valence-corrected chi connectivity index (χ3v) is 4.06. The van der Waals surface area contributed by atoms with Crippen LogP contribution in [0, 0.1) is 0 Å². The fourth-order valence-corrected chi connectivity index (χ4v) is 2.84. The van der Waals surface area contributed by atoms with Crippen LogP contribution in [0.25, 0.3) is 0 Å². The molecule has 1 N–H and O–H groups in total. The zero-order valence-corrected chi connectivity index (χ0v) is 16.3. The smallest absolute Gasteiger partial charge is 0.179 e.